The van der Waals surface area contributed by atoms with Gasteiger partial charge in [0.2, 0.25) is 0 Å². The Morgan fingerprint density at radius 1 is 0.192 bits per heavy atom. The van der Waals surface area contributed by atoms with E-state index in [1.54, 1.807) is 0 Å². The first-order valence-electron chi connectivity index (χ1n) is 14.5. The summed E-state index contributed by atoms with van der Waals surface area (Å²) in [5.74, 6) is 0. The van der Waals surface area contributed by atoms with Crippen LogP contribution in [0.2, 0.25) is 0 Å². The summed E-state index contributed by atoms with van der Waals surface area (Å²) in [5.41, 5.74) is 0. The van der Waals surface area contributed by atoms with Crippen LogP contribution in [0.3, 0.4) is 0 Å². The first-order valence-corrected chi connectivity index (χ1v) is 40.3. The second-order valence-corrected chi connectivity index (χ2v) is 33.3. The summed E-state index contributed by atoms with van der Waals surface area (Å²) in [6, 6.07) is 0. The summed E-state index contributed by atoms with van der Waals surface area (Å²) in [6.07, 6.45) is 5.09. The van der Waals surface area contributed by atoms with Gasteiger partial charge in [0.15, 0.2) is 0 Å². The Balaban J connectivity index is -0.000000152. The molecule has 0 aromatic heterocycles. The van der Waals surface area contributed by atoms with E-state index in [1.165, 1.54) is 0 Å². The zero-order valence-electron chi connectivity index (χ0n) is 38.5. The van der Waals surface area contributed by atoms with Gasteiger partial charge < -0.3 is 0 Å². The van der Waals surface area contributed by atoms with E-state index in [0.29, 0.717) is 63.4 Å². The second kappa shape index (κ2) is 34.3. The van der Waals surface area contributed by atoms with Gasteiger partial charge in [-0.15, -0.1) is 14.5 Å². The first-order chi connectivity index (χ1) is 33.0. The Kier molecular flexibility index (Phi) is 39.6. The molecule has 0 amide bonds. The van der Waals surface area contributed by atoms with Gasteiger partial charge in [-0.1, -0.05) is 43.3 Å². The predicted octanol–water partition coefficient (Wildman–Crippen LogP) is -9.97. The molecule has 0 aromatic carbocycles. The molecule has 0 aliphatic rings. The van der Waals surface area contributed by atoms with Crippen LogP contribution < -0.4 is 0 Å². The fraction of sp³-hybridized carbons (Fsp3) is 1.00. The van der Waals surface area contributed by atoms with E-state index in [1.807, 2.05) is 0 Å². The minimum Gasteiger partial charge on any atom is -0.263 e. The molecule has 482 valence electrons. The standard InChI is InChI=1S/C2H6O9S3.3C2H6O6S2.CH4O10S3.2CH4O7S2/c1-12(3,4)9-10-14(7,8)11-13(2,5)6;2*1-9(3,4)7-8-10(2,5)6;1-7-10(5,6)8-9(2,3)4;1-12(2,3)11-14(7,8)10-9-13(4,5)6;1-9(2,3)7-8-10(4,5)6;1-7-10(5,6)8-9(2,3)4/h1-2H3;3*1-2H3;1H3,(H,4,5,6);1H3,(H,4,5,6);1H3,(H,2,3,4). The van der Waals surface area contributed by atoms with Crippen LogP contribution in [0.1, 0.15) is 0 Å². The van der Waals surface area contributed by atoms with Crippen molar-refractivity contribution in [2.24, 2.45) is 0 Å². The van der Waals surface area contributed by atoms with E-state index >= 15 is 0 Å². The van der Waals surface area contributed by atoms with Crippen molar-refractivity contribution >= 4 is 164 Å². The lowest BCUT2D eigenvalue weighted by Gasteiger charge is -2.00. The van der Waals surface area contributed by atoms with E-state index in [2.05, 4.69) is 66.2 Å². The largest absolute Gasteiger partial charge is 0.442 e. The monoisotopic (exact) mass is 1500 g/mol. The molecule has 0 radical (unpaired) electrons. The summed E-state index contributed by atoms with van der Waals surface area (Å²) < 4.78 is 399. The first kappa shape index (κ1) is 90.2. The molecular weight excluding hydrogens is 1460 g/mol. The average Bonchev–Trinajstić information content (AvgIpc) is 3.07. The van der Waals surface area contributed by atoms with Crippen LogP contribution in [0.5, 0.6) is 0 Å². The highest BCUT2D eigenvalue weighted by molar-refractivity contribution is 7.98. The molecule has 0 saturated carbocycles. The van der Waals surface area contributed by atoms with Crippen LogP contribution in [0.4, 0.5) is 0 Å². The Bertz CT molecular complexity index is 3370. The maximum Gasteiger partial charge on any atom is 0.442 e. The third kappa shape index (κ3) is 99.8. The zero-order chi connectivity index (χ0) is 65.3. The van der Waals surface area contributed by atoms with Gasteiger partial charge in [0.25, 0.3) is 91.1 Å². The van der Waals surface area contributed by atoms with Crippen molar-refractivity contribution in [2.75, 3.05) is 70.5 Å². The Hall–Kier alpha value is -1.56. The van der Waals surface area contributed by atoms with E-state index < -0.39 is 164 Å². The number of rotatable bonds is 25. The lowest BCUT2D eigenvalue weighted by Crippen LogP contribution is -2.17. The van der Waals surface area contributed by atoms with Crippen LogP contribution in [0, 0.1) is 0 Å². The summed E-state index contributed by atoms with van der Waals surface area (Å²) in [7, 11) is -69.3. The highest BCUT2D eigenvalue weighted by Crippen LogP contribution is 2.05. The van der Waals surface area contributed by atoms with E-state index in [-0.39, 0.29) is 0 Å². The Morgan fingerprint density at radius 3 is 0.474 bits per heavy atom. The second-order valence-electron chi connectivity index (χ2n) is 10.5. The molecule has 0 rings (SSSR count). The lowest BCUT2D eigenvalue weighted by atomic mass is 11.8. The van der Waals surface area contributed by atoms with Crippen LogP contribution in [0.15, 0.2) is 0 Å². The number of hydrogen-bond donors (Lipinski definition) is 3. The quantitative estimate of drug-likeness (QED) is 0.0434. The molecule has 51 nitrogen and oxygen atoms in total. The lowest BCUT2D eigenvalue weighted by molar-refractivity contribution is -0.103. The van der Waals surface area contributed by atoms with Crippen molar-refractivity contribution in [2.45, 2.75) is 0 Å². The average molecular weight is 1500 g/mol. The van der Waals surface area contributed by atoms with Gasteiger partial charge in [-0.3, -0.25) is 22.0 Å². The molecule has 0 heterocycles. The molecule has 0 aromatic rings. The van der Waals surface area contributed by atoms with Gasteiger partial charge in [-0.05, 0) is 0 Å². The molecule has 0 bridgehead atoms. The maximum absolute atomic E-state index is 10.5. The molecule has 78 heavy (non-hydrogen) atoms. The molecule has 0 fully saturated rings. The van der Waals surface area contributed by atoms with E-state index in [4.69, 9.17) is 13.7 Å². The van der Waals surface area contributed by atoms with Crippen LogP contribution in [0.25, 0.3) is 0 Å². The topological polar surface area (TPSA) is 755 Å². The molecule has 0 saturated heterocycles. The molecule has 0 unspecified atom stereocenters. The highest BCUT2D eigenvalue weighted by Gasteiger charge is 2.25. The molecule has 0 spiro atoms. The fourth-order valence-corrected chi connectivity index (χ4v) is 9.71. The van der Waals surface area contributed by atoms with Gasteiger partial charge in [0.05, 0.1) is 70.5 Å². The minimum atomic E-state index is -5.22. The van der Waals surface area contributed by atoms with Crippen LogP contribution in [-0.2, 0) is 230 Å². The molecular formula is C11H36O51S16. The Morgan fingerprint density at radius 2 is 0.346 bits per heavy atom. The summed E-state index contributed by atoms with van der Waals surface area (Å²) in [5, 5.41) is 0. The molecule has 3 N–H and O–H groups in total. The van der Waals surface area contributed by atoms with Crippen LogP contribution >= 0.6 is 0 Å². The fourth-order valence-electron chi connectivity index (χ4n) is 1.08. The Labute approximate surface area is 445 Å². The normalized spacial score (nSPS) is 13.7. The van der Waals surface area contributed by atoms with Crippen molar-refractivity contribution in [3.8, 4) is 0 Å². The van der Waals surface area contributed by atoms with Crippen molar-refractivity contribution in [3.05, 3.63) is 0 Å². The van der Waals surface area contributed by atoms with Crippen LogP contribution in [-0.4, -0.2) is 219 Å². The van der Waals surface area contributed by atoms with Gasteiger partial charge in [-0.25, -0.2) is 0 Å². The maximum atomic E-state index is 10.5. The smallest absolute Gasteiger partial charge is 0.263 e. The summed E-state index contributed by atoms with van der Waals surface area (Å²) in [6.45, 7) is 0. The van der Waals surface area contributed by atoms with Crippen molar-refractivity contribution in [3.63, 3.8) is 0 Å². The summed E-state index contributed by atoms with van der Waals surface area (Å²) in [4.78, 5) is 0. The SMILES string of the molecule is COS(=O)(=O)OS(=O)(=O)O.COS(=O)(=O)OS(C)(=O)=O.CS(=O)(=O)OOS(=O)(=O)O.CS(=O)(=O)OOS(=O)(=O)OS(C)(=O)=O.CS(=O)(=O)OOS(C)(=O)=O.CS(=O)(=O)OOS(C)(=O)=O.CS(=O)(=O)OS(=O)(=O)OOS(=O)(=O)O. The van der Waals surface area contributed by atoms with E-state index in [9.17, 15) is 135 Å². The molecule has 0 aliphatic carbocycles. The minimum absolute atomic E-state index is 0.362. The van der Waals surface area contributed by atoms with Gasteiger partial charge in [0.1, 0.15) is 0 Å². The summed E-state index contributed by atoms with van der Waals surface area (Å²) >= 11 is 0. The molecule has 0 atom stereocenters. The van der Waals surface area contributed by atoms with E-state index in [0.717, 1.165) is 7.11 Å². The van der Waals surface area contributed by atoms with Crippen molar-refractivity contribution in [1.29, 1.82) is 0 Å². The molecule has 67 heteroatoms. The van der Waals surface area contributed by atoms with Crippen molar-refractivity contribution in [1.82, 2.24) is 0 Å². The van der Waals surface area contributed by atoms with Gasteiger partial charge in [0, 0.05) is 0 Å². The highest BCUT2D eigenvalue weighted by atomic mass is 32.3. The van der Waals surface area contributed by atoms with Gasteiger partial charge >= 0.3 is 72.8 Å². The number of hydrogen-bond acceptors (Lipinski definition) is 48. The third-order valence-corrected chi connectivity index (χ3v) is 12.8. The third-order valence-electron chi connectivity index (χ3n) is 2.42. The zero-order valence-corrected chi connectivity index (χ0v) is 51.5. The van der Waals surface area contributed by atoms with Gasteiger partial charge in [-0.2, -0.15) is 135 Å². The predicted molar refractivity (Wildman–Crippen MR) is 233 cm³/mol. The van der Waals surface area contributed by atoms with Crippen molar-refractivity contribution < 1.29 is 215 Å². The molecule has 0 aliphatic heterocycles.